The molecule has 0 saturated carbocycles. The summed E-state index contributed by atoms with van der Waals surface area (Å²) >= 11 is 0. The molecule has 0 atom stereocenters. The Morgan fingerprint density at radius 1 is 1.40 bits per heavy atom. The monoisotopic (exact) mass is 221 g/mol. The summed E-state index contributed by atoms with van der Waals surface area (Å²) in [4.78, 5) is 10.6. The SMILES string of the molecule is [2H]OC(=O)c1ccccc1.[Mo]. The van der Waals surface area contributed by atoms with Gasteiger partial charge in [0.1, 0.15) is 0 Å². The topological polar surface area (TPSA) is 37.3 Å². The largest absolute Gasteiger partial charge is 0.478 e. The molecule has 1 aromatic carbocycles. The summed E-state index contributed by atoms with van der Waals surface area (Å²) in [7, 11) is 0. The van der Waals surface area contributed by atoms with Crippen LogP contribution in [0.1, 0.15) is 10.4 Å². The Labute approximate surface area is 74.6 Å². The molecule has 10 heavy (non-hydrogen) atoms. The zero-order valence-corrected chi connectivity index (χ0v) is 7.12. The molecule has 0 heterocycles. The van der Waals surface area contributed by atoms with Crippen molar-refractivity contribution in [3.8, 4) is 0 Å². The predicted molar refractivity (Wildman–Crippen MR) is 33.4 cm³/mol. The van der Waals surface area contributed by atoms with Gasteiger partial charge in [-0.3, -0.25) is 0 Å². The number of hydrogen-bond donors (Lipinski definition) is 1. The Bertz CT molecular complexity index is 225. The van der Waals surface area contributed by atoms with Crippen LogP contribution in [0, 0.1) is 0 Å². The van der Waals surface area contributed by atoms with Gasteiger partial charge in [0.05, 0.1) is 5.56 Å². The second kappa shape index (κ2) is 4.23. The molecule has 0 fully saturated rings. The summed E-state index contributed by atoms with van der Waals surface area (Å²) in [6.45, 7) is 0. The van der Waals surface area contributed by atoms with Crippen molar-refractivity contribution in [2.45, 2.75) is 0 Å². The van der Waals surface area contributed by atoms with Crippen molar-refractivity contribution < 1.29 is 31.0 Å². The number of aromatic carboxylic acids is 1. The Balaban J connectivity index is 0.000001000. The average molecular weight is 219 g/mol. The summed E-state index contributed by atoms with van der Waals surface area (Å²) in [5.41, 5.74) is 0.400. The Kier molecular flexibility index (Phi) is 3.17. The minimum absolute atomic E-state index is 0. The molecule has 0 aliphatic carbocycles. The molecule has 0 spiro atoms. The first kappa shape index (κ1) is 7.48. The summed E-state index contributed by atoms with van der Waals surface area (Å²) in [6, 6.07) is 8.41. The van der Waals surface area contributed by atoms with Gasteiger partial charge in [0.25, 0.3) is 1.43 Å². The van der Waals surface area contributed by atoms with Gasteiger partial charge in [-0.1, -0.05) is 18.2 Å². The Hall–Kier alpha value is -0.622. The molecule has 3 heteroatoms. The van der Waals surface area contributed by atoms with E-state index >= 15 is 0 Å². The third kappa shape index (κ3) is 2.32. The van der Waals surface area contributed by atoms with E-state index in [1.165, 1.54) is 0 Å². The molecule has 0 bridgehead atoms. The Morgan fingerprint density at radius 2 is 2.00 bits per heavy atom. The predicted octanol–water partition coefficient (Wildman–Crippen LogP) is 1.38. The molecule has 0 aliphatic rings. The van der Waals surface area contributed by atoms with Crippen LogP contribution in [0.25, 0.3) is 1.43 Å². The second-order valence-corrected chi connectivity index (χ2v) is 1.65. The molecule has 1 N–H and O–H groups in total. The van der Waals surface area contributed by atoms with Crippen LogP contribution in [0.4, 0.5) is 0 Å². The third-order valence-corrected chi connectivity index (χ3v) is 1.01. The number of carbonyl (C=O) groups is 1. The van der Waals surface area contributed by atoms with Crippen LogP contribution in [0.3, 0.4) is 0 Å². The first-order valence-corrected chi connectivity index (χ1v) is 2.57. The molecule has 0 saturated heterocycles. The van der Waals surface area contributed by atoms with Crippen molar-refractivity contribution in [2.24, 2.45) is 0 Å². The number of carboxylic acid groups (broad SMARTS) is 1. The molecule has 2 nitrogen and oxygen atoms in total. The zero-order valence-electron chi connectivity index (χ0n) is 6.11. The zero-order chi connectivity index (χ0) is 7.40. The molecule has 1 aromatic rings. The molecule has 0 radical (unpaired) electrons. The molecule has 0 amide bonds. The Morgan fingerprint density at radius 3 is 2.50 bits per heavy atom. The second-order valence-electron chi connectivity index (χ2n) is 1.65. The normalized spacial score (nSPS) is 9.00. The van der Waals surface area contributed by atoms with E-state index in [4.69, 9.17) is 1.43 Å². The minimum atomic E-state index is -0.624. The molecule has 0 unspecified atom stereocenters. The van der Waals surface area contributed by atoms with Gasteiger partial charge in [-0.15, -0.1) is 0 Å². The summed E-state index contributed by atoms with van der Waals surface area (Å²) in [5, 5.41) is 3.75. The molecule has 52 valence electrons. The van der Waals surface area contributed by atoms with Crippen molar-refractivity contribution in [3.63, 3.8) is 0 Å². The number of hydrogen-bond acceptors (Lipinski definition) is 2. The summed E-state index contributed by atoms with van der Waals surface area (Å²) < 4.78 is 6.30. The van der Waals surface area contributed by atoms with E-state index < -0.39 is 5.97 Å². The minimum Gasteiger partial charge on any atom is -0.478 e. The maximum absolute atomic E-state index is 10.6. The van der Waals surface area contributed by atoms with E-state index in [1.54, 1.807) is 30.3 Å². The summed E-state index contributed by atoms with van der Waals surface area (Å²) in [6.07, 6.45) is 0. The van der Waals surface area contributed by atoms with E-state index in [-0.39, 0.29) is 21.1 Å². The smallest absolute Gasteiger partial charge is 0.335 e. The van der Waals surface area contributed by atoms with Crippen LogP contribution >= 0.6 is 0 Å². The fourth-order valence-corrected chi connectivity index (χ4v) is 0.574. The van der Waals surface area contributed by atoms with E-state index in [0.29, 0.717) is 5.56 Å². The molecule has 0 aliphatic heterocycles. The van der Waals surface area contributed by atoms with E-state index in [0.717, 1.165) is 0 Å². The van der Waals surface area contributed by atoms with Crippen LogP contribution in [-0.4, -0.2) is 11.1 Å². The molecule has 1 rings (SSSR count). The number of carboxylic acids is 1. The molecular formula is C7H6MoO2. The van der Waals surface area contributed by atoms with Gasteiger partial charge in [0, 0.05) is 21.1 Å². The van der Waals surface area contributed by atoms with Crippen molar-refractivity contribution >= 4 is 5.97 Å². The standard InChI is InChI=1S/C7H6O2.Mo/c8-7(9)6-4-2-1-3-5-6;/h1-5H,(H,8,9);/i/hD. The van der Waals surface area contributed by atoms with Gasteiger partial charge < -0.3 is 5.11 Å². The van der Waals surface area contributed by atoms with Crippen LogP contribution in [-0.2, 0) is 21.1 Å². The first-order valence-electron chi connectivity index (χ1n) is 2.98. The van der Waals surface area contributed by atoms with Gasteiger partial charge in [0.2, 0.25) is 0 Å². The maximum atomic E-state index is 10.6. The van der Waals surface area contributed by atoms with Crippen molar-refractivity contribution in [1.82, 2.24) is 0 Å². The molecule has 0 aromatic heterocycles. The van der Waals surface area contributed by atoms with E-state index in [2.05, 4.69) is 5.11 Å². The van der Waals surface area contributed by atoms with Gasteiger partial charge >= 0.3 is 5.97 Å². The average Bonchev–Trinajstić information content (AvgIpc) is 2.05. The van der Waals surface area contributed by atoms with Crippen molar-refractivity contribution in [1.29, 1.82) is 1.43 Å². The van der Waals surface area contributed by atoms with Gasteiger partial charge in [-0.05, 0) is 12.1 Å². The fraction of sp³-hybridized carbons (Fsp3) is 0. The van der Waals surface area contributed by atoms with Crippen molar-refractivity contribution in [3.05, 3.63) is 35.9 Å². The number of benzene rings is 1. The van der Waals surface area contributed by atoms with Crippen LogP contribution in [0.2, 0.25) is 0 Å². The van der Waals surface area contributed by atoms with E-state index in [9.17, 15) is 4.79 Å². The van der Waals surface area contributed by atoms with Crippen LogP contribution in [0.5, 0.6) is 0 Å². The summed E-state index contributed by atoms with van der Waals surface area (Å²) in [5.74, 6) is -0.624. The fourth-order valence-electron chi connectivity index (χ4n) is 0.574. The van der Waals surface area contributed by atoms with Crippen LogP contribution < -0.4 is 0 Å². The number of rotatable bonds is 1. The third-order valence-electron chi connectivity index (χ3n) is 1.01. The quantitative estimate of drug-likeness (QED) is 0.724. The van der Waals surface area contributed by atoms with E-state index in [1.807, 2.05) is 0 Å². The first-order chi connectivity index (χ1) is 4.84. The van der Waals surface area contributed by atoms with Gasteiger partial charge in [0.15, 0.2) is 0 Å². The maximum Gasteiger partial charge on any atom is 0.335 e. The molecular weight excluding hydrogens is 212 g/mol. The van der Waals surface area contributed by atoms with Gasteiger partial charge in [-0.2, -0.15) is 0 Å². The van der Waals surface area contributed by atoms with Crippen molar-refractivity contribution in [2.75, 3.05) is 0 Å². The van der Waals surface area contributed by atoms with Crippen LogP contribution in [0.15, 0.2) is 30.3 Å². The van der Waals surface area contributed by atoms with Gasteiger partial charge in [-0.25, -0.2) is 4.79 Å².